The lowest BCUT2D eigenvalue weighted by molar-refractivity contribution is -0.384. The van der Waals surface area contributed by atoms with Gasteiger partial charge in [-0.3, -0.25) is 24.8 Å². The van der Waals surface area contributed by atoms with Crippen molar-refractivity contribution < 1.29 is 14.5 Å². The molecule has 0 bridgehead atoms. The molecule has 0 N–H and O–H groups in total. The van der Waals surface area contributed by atoms with Crippen LogP contribution in [0.15, 0.2) is 67.0 Å². The lowest BCUT2D eigenvalue weighted by Gasteiger charge is -2.18. The number of benzene rings is 2. The first-order chi connectivity index (χ1) is 16.0. The van der Waals surface area contributed by atoms with E-state index in [1.54, 1.807) is 42.6 Å². The second-order valence-electron chi connectivity index (χ2n) is 7.23. The highest BCUT2D eigenvalue weighted by Gasteiger charge is 2.21. The van der Waals surface area contributed by atoms with Crippen LogP contribution in [0.1, 0.15) is 16.7 Å². The number of nitro benzene ring substituents is 1. The summed E-state index contributed by atoms with van der Waals surface area (Å²) in [5, 5.41) is 11.6. The number of pyridine rings is 1. The third-order valence-corrected chi connectivity index (χ3v) is 6.19. The van der Waals surface area contributed by atoms with E-state index in [1.807, 2.05) is 31.2 Å². The fourth-order valence-electron chi connectivity index (χ4n) is 3.29. The molecule has 4 aromatic rings. The zero-order chi connectivity index (χ0) is 23.4. The lowest BCUT2D eigenvalue weighted by Crippen LogP contribution is -2.28. The van der Waals surface area contributed by atoms with Crippen molar-refractivity contribution in [3.8, 4) is 5.75 Å². The number of fused-ring (bicyclic) bond motifs is 1. The number of aromatic nitrogens is 2. The third kappa shape index (κ3) is 4.88. The van der Waals surface area contributed by atoms with Crippen LogP contribution in [-0.4, -0.2) is 27.9 Å². The van der Waals surface area contributed by atoms with Gasteiger partial charge in [-0.2, -0.15) is 0 Å². The first kappa shape index (κ1) is 22.1. The molecule has 0 fully saturated rings. The number of non-ortho nitro benzene ring substituents is 1. The first-order valence-corrected chi connectivity index (χ1v) is 10.8. The Kier molecular flexibility index (Phi) is 6.41. The summed E-state index contributed by atoms with van der Waals surface area (Å²) >= 11 is 1.41. The van der Waals surface area contributed by atoms with E-state index < -0.39 is 4.92 Å². The number of anilines is 1. The summed E-state index contributed by atoms with van der Waals surface area (Å²) in [6.45, 7) is 2.26. The number of nitrogens with zero attached hydrogens (tertiary/aromatic N) is 4. The van der Waals surface area contributed by atoms with Crippen molar-refractivity contribution in [2.24, 2.45) is 0 Å². The van der Waals surface area contributed by atoms with E-state index in [2.05, 4.69) is 4.98 Å². The molecule has 2 heterocycles. The fraction of sp³-hybridized carbons (Fsp3) is 0.125. The molecule has 0 saturated heterocycles. The Morgan fingerprint density at radius 3 is 2.82 bits per heavy atom. The Hall–Kier alpha value is -4.11. The molecule has 2 aromatic carbocycles. The molecule has 0 aliphatic carbocycles. The molecule has 0 aliphatic rings. The first-order valence-electron chi connectivity index (χ1n) is 10.0. The molecular formula is C24H20N4O4S. The zero-order valence-corrected chi connectivity index (χ0v) is 18.8. The monoisotopic (exact) mass is 460 g/mol. The number of hydrogen-bond acceptors (Lipinski definition) is 7. The topological polar surface area (TPSA) is 98.5 Å². The van der Waals surface area contributed by atoms with Gasteiger partial charge in [0.15, 0.2) is 5.13 Å². The molecule has 0 aliphatic heterocycles. The molecule has 4 rings (SSSR count). The van der Waals surface area contributed by atoms with Crippen molar-refractivity contribution in [2.75, 3.05) is 12.0 Å². The number of methoxy groups -OCH3 is 1. The SMILES string of the molecule is COc1ccc(C)c2sc(N(Cc3cccnc3)C(=O)C=Cc3cccc([N+](=O)[O-])c3)nc12. The van der Waals surface area contributed by atoms with Gasteiger partial charge >= 0.3 is 0 Å². The number of carbonyl (C=O) groups excluding carboxylic acids is 1. The van der Waals surface area contributed by atoms with Crippen LogP contribution in [0.4, 0.5) is 10.8 Å². The summed E-state index contributed by atoms with van der Waals surface area (Å²) in [6, 6.07) is 13.6. The standard InChI is InChI=1S/C24H20N4O4S/c1-16-8-10-20(32-2)22-23(16)33-24(26-22)27(15-18-6-4-12-25-14-18)21(29)11-9-17-5-3-7-19(13-17)28(30)31/h3-14H,15H2,1-2H3. The van der Waals surface area contributed by atoms with Crippen molar-refractivity contribution in [1.29, 1.82) is 0 Å². The number of rotatable bonds is 7. The van der Waals surface area contributed by atoms with Crippen molar-refractivity contribution in [2.45, 2.75) is 13.5 Å². The van der Waals surface area contributed by atoms with Crippen LogP contribution >= 0.6 is 11.3 Å². The van der Waals surface area contributed by atoms with Gasteiger partial charge < -0.3 is 4.74 Å². The van der Waals surface area contributed by atoms with Crippen LogP contribution in [0.25, 0.3) is 16.3 Å². The number of amides is 1. The molecule has 8 nitrogen and oxygen atoms in total. The molecule has 0 saturated carbocycles. The van der Waals surface area contributed by atoms with Crippen LogP contribution in [0.3, 0.4) is 0 Å². The minimum absolute atomic E-state index is 0.0365. The maximum atomic E-state index is 13.3. The van der Waals surface area contributed by atoms with Crippen LogP contribution in [0.5, 0.6) is 5.75 Å². The Bertz CT molecular complexity index is 1350. The summed E-state index contributed by atoms with van der Waals surface area (Å²) in [4.78, 5) is 34.3. The molecule has 0 atom stereocenters. The van der Waals surface area contributed by atoms with Gasteiger partial charge in [0.25, 0.3) is 11.6 Å². The number of ether oxygens (including phenoxy) is 1. The minimum atomic E-state index is -0.468. The van der Waals surface area contributed by atoms with Gasteiger partial charge in [-0.05, 0) is 41.8 Å². The van der Waals surface area contributed by atoms with E-state index in [0.29, 0.717) is 22.0 Å². The maximum Gasteiger partial charge on any atom is 0.270 e. The van der Waals surface area contributed by atoms with Gasteiger partial charge in [-0.15, -0.1) is 0 Å². The van der Waals surface area contributed by atoms with Crippen molar-refractivity contribution in [3.63, 3.8) is 0 Å². The molecule has 33 heavy (non-hydrogen) atoms. The van der Waals surface area contributed by atoms with E-state index in [1.165, 1.54) is 29.5 Å². The number of carbonyl (C=O) groups is 1. The largest absolute Gasteiger partial charge is 0.494 e. The van der Waals surface area contributed by atoms with Gasteiger partial charge in [-0.25, -0.2) is 4.98 Å². The Balaban J connectivity index is 1.72. The van der Waals surface area contributed by atoms with Crippen molar-refractivity contribution in [3.05, 3.63) is 93.8 Å². The van der Waals surface area contributed by atoms with Gasteiger partial charge in [0.05, 0.1) is 23.3 Å². The molecule has 0 radical (unpaired) electrons. The molecular weight excluding hydrogens is 440 g/mol. The molecule has 2 aromatic heterocycles. The second kappa shape index (κ2) is 9.58. The third-order valence-electron chi connectivity index (χ3n) is 4.97. The number of nitro groups is 1. The van der Waals surface area contributed by atoms with Crippen molar-refractivity contribution >= 4 is 44.4 Å². The summed E-state index contributed by atoms with van der Waals surface area (Å²) < 4.78 is 6.39. The highest BCUT2D eigenvalue weighted by molar-refractivity contribution is 7.22. The number of aryl methyl sites for hydroxylation is 1. The van der Waals surface area contributed by atoms with Gasteiger partial charge in [0, 0.05) is 30.6 Å². The minimum Gasteiger partial charge on any atom is -0.494 e. The van der Waals surface area contributed by atoms with E-state index >= 15 is 0 Å². The predicted octanol–water partition coefficient (Wildman–Crippen LogP) is 5.16. The second-order valence-corrected chi connectivity index (χ2v) is 8.21. The summed E-state index contributed by atoms with van der Waals surface area (Å²) in [7, 11) is 1.59. The summed E-state index contributed by atoms with van der Waals surface area (Å²) in [6.07, 6.45) is 6.32. The molecule has 1 amide bonds. The van der Waals surface area contributed by atoms with Crippen LogP contribution in [0, 0.1) is 17.0 Å². The van der Waals surface area contributed by atoms with E-state index in [4.69, 9.17) is 9.72 Å². The highest BCUT2D eigenvalue weighted by Crippen LogP contribution is 2.37. The lowest BCUT2D eigenvalue weighted by atomic mass is 10.2. The van der Waals surface area contributed by atoms with Gasteiger partial charge in [-0.1, -0.05) is 35.6 Å². The average Bonchev–Trinajstić information content (AvgIpc) is 3.28. The average molecular weight is 461 g/mol. The molecule has 166 valence electrons. The Labute approximate surface area is 193 Å². The number of hydrogen-bond donors (Lipinski definition) is 0. The normalized spacial score (nSPS) is 11.1. The van der Waals surface area contributed by atoms with Gasteiger partial charge in [0.2, 0.25) is 0 Å². The molecule has 9 heteroatoms. The maximum absolute atomic E-state index is 13.3. The zero-order valence-electron chi connectivity index (χ0n) is 18.0. The van der Waals surface area contributed by atoms with Crippen LogP contribution in [-0.2, 0) is 11.3 Å². The summed E-state index contributed by atoms with van der Waals surface area (Å²) in [5.41, 5.74) is 3.10. The summed E-state index contributed by atoms with van der Waals surface area (Å²) in [5.74, 6) is 0.333. The van der Waals surface area contributed by atoms with E-state index in [9.17, 15) is 14.9 Å². The van der Waals surface area contributed by atoms with E-state index in [0.717, 1.165) is 15.8 Å². The highest BCUT2D eigenvalue weighted by atomic mass is 32.1. The smallest absolute Gasteiger partial charge is 0.270 e. The molecule has 0 spiro atoms. The fourth-order valence-corrected chi connectivity index (χ4v) is 4.35. The predicted molar refractivity (Wildman–Crippen MR) is 128 cm³/mol. The molecule has 0 unspecified atom stereocenters. The quantitative estimate of drug-likeness (QED) is 0.215. The Morgan fingerprint density at radius 1 is 1.24 bits per heavy atom. The van der Waals surface area contributed by atoms with Crippen LogP contribution in [0.2, 0.25) is 0 Å². The number of thiazole rings is 1. The van der Waals surface area contributed by atoms with E-state index in [-0.39, 0.29) is 18.1 Å². The van der Waals surface area contributed by atoms with Crippen LogP contribution < -0.4 is 9.64 Å². The van der Waals surface area contributed by atoms with Crippen molar-refractivity contribution in [1.82, 2.24) is 9.97 Å². The Morgan fingerprint density at radius 2 is 2.09 bits per heavy atom. The van der Waals surface area contributed by atoms with Gasteiger partial charge in [0.1, 0.15) is 11.3 Å².